The number of nitrogens with zero attached hydrogens (tertiary/aromatic N) is 4. The van der Waals surface area contributed by atoms with E-state index in [1.807, 2.05) is 6.07 Å². The number of anilines is 2. The molecule has 1 fully saturated rings. The molecule has 1 aliphatic heterocycles. The molecule has 1 N–H and O–H groups in total. The van der Waals surface area contributed by atoms with Crippen LogP contribution in [-0.2, 0) is 9.53 Å². The summed E-state index contributed by atoms with van der Waals surface area (Å²) in [7, 11) is 1.47. The molecule has 0 unspecified atom stereocenters. The van der Waals surface area contributed by atoms with Crippen molar-refractivity contribution in [3.8, 4) is 0 Å². The van der Waals surface area contributed by atoms with E-state index in [1.54, 1.807) is 30.2 Å². The number of pyridine rings is 1. The van der Waals surface area contributed by atoms with Gasteiger partial charge < -0.3 is 24.4 Å². The predicted molar refractivity (Wildman–Crippen MR) is 94.1 cm³/mol. The summed E-state index contributed by atoms with van der Waals surface area (Å²) in [4.78, 5) is 32.1. The molecule has 0 bridgehead atoms. The minimum Gasteiger partial charge on any atom is -0.375 e. The Hall–Kier alpha value is -2.94. The maximum absolute atomic E-state index is 12.4. The molecule has 2 amide bonds. The first kappa shape index (κ1) is 17.9. The summed E-state index contributed by atoms with van der Waals surface area (Å²) in [6.45, 7) is 4.27. The Balaban J connectivity index is 1.54. The van der Waals surface area contributed by atoms with Crippen LogP contribution in [0, 0.1) is 6.92 Å². The highest BCUT2D eigenvalue weighted by Crippen LogP contribution is 2.17. The van der Waals surface area contributed by atoms with Crippen LogP contribution in [-0.4, -0.2) is 66.8 Å². The number of amides is 2. The van der Waals surface area contributed by atoms with Crippen LogP contribution in [0.1, 0.15) is 16.2 Å². The number of hydrogen-bond donors (Lipinski definition) is 1. The molecule has 2 aromatic rings. The van der Waals surface area contributed by atoms with Crippen molar-refractivity contribution in [1.29, 1.82) is 0 Å². The van der Waals surface area contributed by atoms with Crippen LogP contribution in [0.5, 0.6) is 0 Å². The lowest BCUT2D eigenvalue weighted by molar-refractivity contribution is -0.119. The largest absolute Gasteiger partial charge is 0.375 e. The molecule has 3 heterocycles. The number of piperazine rings is 1. The fraction of sp³-hybridized carbons (Fsp3) is 0.412. The maximum Gasteiger partial charge on any atom is 0.276 e. The van der Waals surface area contributed by atoms with E-state index in [2.05, 4.69) is 20.4 Å². The highest BCUT2D eigenvalue weighted by atomic mass is 16.5. The number of carbonyl (C=O) groups is 2. The number of rotatable bonds is 5. The third-order valence-electron chi connectivity index (χ3n) is 4.05. The molecule has 9 nitrogen and oxygen atoms in total. The maximum atomic E-state index is 12.4. The zero-order valence-electron chi connectivity index (χ0n) is 14.8. The third kappa shape index (κ3) is 4.17. The van der Waals surface area contributed by atoms with E-state index < -0.39 is 0 Å². The Morgan fingerprint density at radius 3 is 2.62 bits per heavy atom. The zero-order chi connectivity index (χ0) is 18.5. The van der Waals surface area contributed by atoms with E-state index >= 15 is 0 Å². The first-order chi connectivity index (χ1) is 12.6. The molecule has 0 aliphatic carbocycles. The van der Waals surface area contributed by atoms with E-state index in [4.69, 9.17) is 9.26 Å². The van der Waals surface area contributed by atoms with Crippen LogP contribution in [0.2, 0.25) is 0 Å². The molecule has 1 aliphatic rings. The zero-order valence-corrected chi connectivity index (χ0v) is 14.8. The van der Waals surface area contributed by atoms with Gasteiger partial charge in [-0.2, -0.15) is 0 Å². The van der Waals surface area contributed by atoms with Crippen LogP contribution in [0.25, 0.3) is 0 Å². The molecule has 9 heteroatoms. The molecule has 0 radical (unpaired) electrons. The van der Waals surface area contributed by atoms with Gasteiger partial charge in [0.25, 0.3) is 5.91 Å². The first-order valence-corrected chi connectivity index (χ1v) is 8.29. The van der Waals surface area contributed by atoms with E-state index in [0.29, 0.717) is 43.3 Å². The van der Waals surface area contributed by atoms with Crippen molar-refractivity contribution in [2.24, 2.45) is 0 Å². The fourth-order valence-electron chi connectivity index (χ4n) is 2.74. The van der Waals surface area contributed by atoms with Gasteiger partial charge in [-0.15, -0.1) is 0 Å². The molecule has 2 aromatic heterocycles. The molecule has 3 rings (SSSR count). The minimum absolute atomic E-state index is 0.00276. The summed E-state index contributed by atoms with van der Waals surface area (Å²) in [5.74, 6) is 1.08. The summed E-state index contributed by atoms with van der Waals surface area (Å²) in [6, 6.07) is 5.29. The van der Waals surface area contributed by atoms with Gasteiger partial charge in [-0.25, -0.2) is 4.98 Å². The van der Waals surface area contributed by atoms with Crippen molar-refractivity contribution in [2.75, 3.05) is 50.1 Å². The summed E-state index contributed by atoms with van der Waals surface area (Å²) >= 11 is 0. The number of ether oxygens (including phenoxy) is 1. The fourth-order valence-corrected chi connectivity index (χ4v) is 2.74. The van der Waals surface area contributed by atoms with Gasteiger partial charge in [0.2, 0.25) is 5.91 Å². The smallest absolute Gasteiger partial charge is 0.276 e. The lowest BCUT2D eigenvalue weighted by atomic mass is 10.2. The molecule has 26 heavy (non-hydrogen) atoms. The van der Waals surface area contributed by atoms with Crippen molar-refractivity contribution in [2.45, 2.75) is 6.92 Å². The molecule has 0 saturated carbocycles. The van der Waals surface area contributed by atoms with Crippen LogP contribution < -0.4 is 10.2 Å². The Labute approximate surface area is 150 Å². The second kappa shape index (κ2) is 7.96. The quantitative estimate of drug-likeness (QED) is 0.847. The number of aromatic nitrogens is 2. The summed E-state index contributed by atoms with van der Waals surface area (Å²) in [5.41, 5.74) is 0.955. The molecule has 1 saturated heterocycles. The number of nitrogens with one attached hydrogen (secondary N) is 1. The average Bonchev–Trinajstić information content (AvgIpc) is 3.08. The van der Waals surface area contributed by atoms with E-state index in [0.717, 1.165) is 5.82 Å². The highest BCUT2D eigenvalue weighted by molar-refractivity contribution is 5.92. The summed E-state index contributed by atoms with van der Waals surface area (Å²) < 4.78 is 9.74. The van der Waals surface area contributed by atoms with E-state index in [9.17, 15) is 9.59 Å². The van der Waals surface area contributed by atoms with Gasteiger partial charge in [0, 0.05) is 39.4 Å². The second-order valence-electron chi connectivity index (χ2n) is 5.99. The minimum atomic E-state index is -0.225. The molecular formula is C17H21N5O4. The highest BCUT2D eigenvalue weighted by Gasteiger charge is 2.24. The predicted octanol–water partition coefficient (Wildman–Crippen LogP) is 0.925. The van der Waals surface area contributed by atoms with Crippen LogP contribution >= 0.6 is 0 Å². The third-order valence-corrected chi connectivity index (χ3v) is 4.05. The van der Waals surface area contributed by atoms with Crippen LogP contribution in [0.4, 0.5) is 11.5 Å². The monoisotopic (exact) mass is 359 g/mol. The normalized spacial score (nSPS) is 14.4. The van der Waals surface area contributed by atoms with Gasteiger partial charge in [-0.05, 0) is 19.1 Å². The summed E-state index contributed by atoms with van der Waals surface area (Å²) in [5, 5.41) is 6.48. The van der Waals surface area contributed by atoms with Crippen molar-refractivity contribution >= 4 is 23.3 Å². The Morgan fingerprint density at radius 2 is 2.04 bits per heavy atom. The van der Waals surface area contributed by atoms with Gasteiger partial charge in [-0.1, -0.05) is 5.16 Å². The molecule has 138 valence electrons. The van der Waals surface area contributed by atoms with Gasteiger partial charge >= 0.3 is 0 Å². The first-order valence-electron chi connectivity index (χ1n) is 8.29. The number of carbonyl (C=O) groups excluding carboxylic acids is 2. The molecule has 0 atom stereocenters. The molecular weight excluding hydrogens is 338 g/mol. The van der Waals surface area contributed by atoms with Crippen molar-refractivity contribution in [1.82, 2.24) is 15.0 Å². The van der Waals surface area contributed by atoms with Gasteiger partial charge in [0.1, 0.15) is 18.2 Å². The van der Waals surface area contributed by atoms with Crippen molar-refractivity contribution in [3.05, 3.63) is 35.9 Å². The van der Waals surface area contributed by atoms with E-state index in [-0.39, 0.29) is 18.4 Å². The second-order valence-corrected chi connectivity index (χ2v) is 5.99. The van der Waals surface area contributed by atoms with Crippen LogP contribution in [0.15, 0.2) is 28.9 Å². The number of methoxy groups -OCH3 is 1. The van der Waals surface area contributed by atoms with Crippen molar-refractivity contribution < 1.29 is 18.8 Å². The van der Waals surface area contributed by atoms with E-state index in [1.165, 1.54) is 7.11 Å². The topological polar surface area (TPSA) is 101 Å². The Kier molecular flexibility index (Phi) is 5.47. The SMILES string of the molecule is COCC(=O)Nc1ccc(N2CCN(C(=O)c3cc(C)on3)CC2)nc1. The Morgan fingerprint density at radius 1 is 1.27 bits per heavy atom. The van der Waals surface area contributed by atoms with Gasteiger partial charge in [0.15, 0.2) is 5.69 Å². The van der Waals surface area contributed by atoms with Gasteiger partial charge in [0.05, 0.1) is 11.9 Å². The van der Waals surface area contributed by atoms with Crippen LogP contribution in [0.3, 0.4) is 0 Å². The average molecular weight is 359 g/mol. The summed E-state index contributed by atoms with van der Waals surface area (Å²) in [6.07, 6.45) is 1.61. The standard InChI is InChI=1S/C17H21N5O4/c1-12-9-14(20-26-12)17(24)22-7-5-21(6-8-22)15-4-3-13(10-18-15)19-16(23)11-25-2/h3-4,9-10H,5-8,11H2,1-2H3,(H,19,23). The van der Waals surface area contributed by atoms with Crippen molar-refractivity contribution in [3.63, 3.8) is 0 Å². The lowest BCUT2D eigenvalue weighted by Gasteiger charge is -2.35. The molecule has 0 aromatic carbocycles. The molecule has 0 spiro atoms. The lowest BCUT2D eigenvalue weighted by Crippen LogP contribution is -2.49. The number of hydrogen-bond acceptors (Lipinski definition) is 7. The Bertz CT molecular complexity index is 766. The van der Waals surface area contributed by atoms with Gasteiger partial charge in [-0.3, -0.25) is 9.59 Å². The number of aryl methyl sites for hydroxylation is 1.